The van der Waals surface area contributed by atoms with Crippen molar-refractivity contribution in [2.75, 3.05) is 13.2 Å². The van der Waals surface area contributed by atoms with Gasteiger partial charge in [-0.15, -0.1) is 0 Å². The first-order chi connectivity index (χ1) is 9.92. The number of aryl methyl sites for hydroxylation is 1. The van der Waals surface area contributed by atoms with Gasteiger partial charge in [-0.3, -0.25) is 5.10 Å². The zero-order chi connectivity index (χ0) is 15.5. The van der Waals surface area contributed by atoms with Crippen LogP contribution in [0.3, 0.4) is 0 Å². The number of nitrogens with one attached hydrogen (secondary N) is 2. The molecule has 0 radical (unpaired) electrons. The summed E-state index contributed by atoms with van der Waals surface area (Å²) >= 11 is 0. The van der Waals surface area contributed by atoms with Crippen LogP contribution in [0.2, 0.25) is 0 Å². The number of hydrogen-bond donors (Lipinski definition) is 3. The van der Waals surface area contributed by atoms with Crippen molar-refractivity contribution in [3.05, 3.63) is 11.4 Å². The summed E-state index contributed by atoms with van der Waals surface area (Å²) in [5.41, 5.74) is -0.312. The predicted molar refractivity (Wildman–Crippen MR) is 73.7 cm³/mol. The van der Waals surface area contributed by atoms with E-state index in [-0.39, 0.29) is 29.8 Å². The Labute approximate surface area is 122 Å². The number of hydrogen-bond acceptors (Lipinski definition) is 5. The van der Waals surface area contributed by atoms with Crippen LogP contribution in [-0.4, -0.2) is 48.9 Å². The van der Waals surface area contributed by atoms with E-state index >= 15 is 0 Å². The maximum atomic E-state index is 12.1. The summed E-state index contributed by atoms with van der Waals surface area (Å²) in [6.07, 6.45) is 4.52. The zero-order valence-corrected chi connectivity index (χ0v) is 12.6. The quantitative estimate of drug-likeness (QED) is 0.635. The molecule has 3 N–H and O–H groups in total. The van der Waals surface area contributed by atoms with Crippen LogP contribution in [0, 0.1) is 6.92 Å². The number of sulfonamides is 1. The van der Waals surface area contributed by atoms with E-state index in [0.717, 1.165) is 25.7 Å². The fourth-order valence-electron chi connectivity index (χ4n) is 2.42. The SMILES string of the molecule is Cc1[nH]nc(C(=O)O)c1S(=O)(=O)NCCOC1CCCC1. The highest BCUT2D eigenvalue weighted by Gasteiger charge is 2.28. The second-order valence-electron chi connectivity index (χ2n) is 5.01. The van der Waals surface area contributed by atoms with Crippen LogP contribution in [0.25, 0.3) is 0 Å². The lowest BCUT2D eigenvalue weighted by atomic mass is 10.3. The average molecular weight is 317 g/mol. The molecule has 1 fully saturated rings. The van der Waals surface area contributed by atoms with Crippen molar-refractivity contribution >= 4 is 16.0 Å². The Morgan fingerprint density at radius 2 is 2.14 bits per heavy atom. The molecular weight excluding hydrogens is 298 g/mol. The highest BCUT2D eigenvalue weighted by Crippen LogP contribution is 2.21. The fraction of sp³-hybridized carbons (Fsp3) is 0.667. The van der Waals surface area contributed by atoms with E-state index in [1.807, 2.05) is 0 Å². The highest BCUT2D eigenvalue weighted by molar-refractivity contribution is 7.89. The third kappa shape index (κ3) is 3.80. The van der Waals surface area contributed by atoms with Crippen LogP contribution in [-0.2, 0) is 14.8 Å². The van der Waals surface area contributed by atoms with Crippen LogP contribution in [0.1, 0.15) is 41.9 Å². The van der Waals surface area contributed by atoms with Crippen molar-refractivity contribution in [1.29, 1.82) is 0 Å². The van der Waals surface area contributed by atoms with E-state index in [0.29, 0.717) is 0 Å². The molecule has 0 saturated heterocycles. The molecular formula is C12H19N3O5S. The molecule has 2 rings (SSSR count). The van der Waals surface area contributed by atoms with Gasteiger partial charge in [0.05, 0.1) is 18.4 Å². The zero-order valence-electron chi connectivity index (χ0n) is 11.8. The summed E-state index contributed by atoms with van der Waals surface area (Å²) in [6, 6.07) is 0. The Bertz CT molecular complexity index is 604. The van der Waals surface area contributed by atoms with E-state index in [1.54, 1.807) is 0 Å². The number of aromatic carboxylic acids is 1. The normalized spacial score (nSPS) is 16.4. The smallest absolute Gasteiger partial charge is 0.357 e. The van der Waals surface area contributed by atoms with Crippen LogP contribution in [0.5, 0.6) is 0 Å². The third-order valence-corrected chi connectivity index (χ3v) is 5.03. The maximum absolute atomic E-state index is 12.1. The summed E-state index contributed by atoms with van der Waals surface area (Å²) < 4.78 is 32.2. The lowest BCUT2D eigenvalue weighted by molar-refractivity contribution is 0.0626. The molecule has 21 heavy (non-hydrogen) atoms. The predicted octanol–water partition coefficient (Wildman–Crippen LogP) is 0.654. The number of aromatic nitrogens is 2. The number of carboxylic acids is 1. The monoisotopic (exact) mass is 317 g/mol. The van der Waals surface area contributed by atoms with E-state index in [9.17, 15) is 13.2 Å². The summed E-state index contributed by atoms with van der Waals surface area (Å²) in [4.78, 5) is 10.7. The summed E-state index contributed by atoms with van der Waals surface area (Å²) in [6.45, 7) is 1.83. The first-order valence-corrected chi connectivity index (χ1v) is 8.29. The molecule has 1 aliphatic carbocycles. The molecule has 9 heteroatoms. The fourth-order valence-corrected chi connectivity index (χ4v) is 3.75. The van der Waals surface area contributed by atoms with Crippen LogP contribution >= 0.6 is 0 Å². The van der Waals surface area contributed by atoms with Gasteiger partial charge >= 0.3 is 5.97 Å². The molecule has 1 aliphatic rings. The molecule has 0 spiro atoms. The highest BCUT2D eigenvalue weighted by atomic mass is 32.2. The molecule has 1 aromatic heterocycles. The number of nitrogens with zero attached hydrogens (tertiary/aromatic N) is 1. The molecule has 0 aliphatic heterocycles. The Kier molecular flexibility index (Phi) is 4.96. The lowest BCUT2D eigenvalue weighted by Gasteiger charge is -2.11. The Hall–Kier alpha value is -1.45. The first-order valence-electron chi connectivity index (χ1n) is 6.81. The maximum Gasteiger partial charge on any atom is 0.357 e. The topological polar surface area (TPSA) is 121 Å². The Morgan fingerprint density at radius 3 is 2.76 bits per heavy atom. The largest absolute Gasteiger partial charge is 0.476 e. The van der Waals surface area contributed by atoms with Gasteiger partial charge in [-0.05, 0) is 19.8 Å². The van der Waals surface area contributed by atoms with Crippen molar-refractivity contribution in [2.45, 2.75) is 43.6 Å². The van der Waals surface area contributed by atoms with E-state index < -0.39 is 21.7 Å². The van der Waals surface area contributed by atoms with Crippen molar-refractivity contribution in [3.63, 3.8) is 0 Å². The van der Waals surface area contributed by atoms with Gasteiger partial charge in [0.25, 0.3) is 0 Å². The minimum atomic E-state index is -3.92. The molecule has 1 aromatic rings. The van der Waals surface area contributed by atoms with Crippen LogP contribution in [0.4, 0.5) is 0 Å². The van der Waals surface area contributed by atoms with Crippen LogP contribution in [0.15, 0.2) is 4.90 Å². The molecule has 0 aromatic carbocycles. The summed E-state index contributed by atoms with van der Waals surface area (Å²) in [5, 5.41) is 14.8. The van der Waals surface area contributed by atoms with Crippen molar-refractivity contribution in [1.82, 2.24) is 14.9 Å². The van der Waals surface area contributed by atoms with Gasteiger partial charge in [0.1, 0.15) is 4.90 Å². The number of ether oxygens (including phenoxy) is 1. The van der Waals surface area contributed by atoms with Gasteiger partial charge in [0.15, 0.2) is 5.69 Å². The van der Waals surface area contributed by atoms with E-state index in [2.05, 4.69) is 14.9 Å². The summed E-state index contributed by atoms with van der Waals surface area (Å²) in [7, 11) is -3.92. The minimum Gasteiger partial charge on any atom is -0.476 e. The molecule has 8 nitrogen and oxygen atoms in total. The molecule has 1 heterocycles. The number of H-pyrrole nitrogens is 1. The van der Waals surface area contributed by atoms with Gasteiger partial charge < -0.3 is 9.84 Å². The molecule has 0 atom stereocenters. The van der Waals surface area contributed by atoms with Gasteiger partial charge in [0, 0.05) is 6.54 Å². The molecule has 0 bridgehead atoms. The van der Waals surface area contributed by atoms with E-state index in [4.69, 9.17) is 9.84 Å². The minimum absolute atomic E-state index is 0.0997. The second kappa shape index (κ2) is 6.54. The standard InChI is InChI=1S/C12H19N3O5S/c1-8-11(10(12(16)17)15-14-8)21(18,19)13-6-7-20-9-4-2-3-5-9/h9,13H,2-7H2,1H3,(H,14,15)(H,16,17). The number of aromatic amines is 1. The number of carboxylic acid groups (broad SMARTS) is 1. The second-order valence-corrected chi connectivity index (χ2v) is 6.71. The van der Waals surface area contributed by atoms with Gasteiger partial charge in [0.2, 0.25) is 10.0 Å². The Morgan fingerprint density at radius 1 is 1.48 bits per heavy atom. The Balaban J connectivity index is 1.95. The summed E-state index contributed by atoms with van der Waals surface area (Å²) in [5.74, 6) is -1.39. The average Bonchev–Trinajstić information content (AvgIpc) is 3.03. The number of rotatable bonds is 7. The van der Waals surface area contributed by atoms with Crippen molar-refractivity contribution in [3.8, 4) is 0 Å². The molecule has 118 valence electrons. The van der Waals surface area contributed by atoms with Crippen molar-refractivity contribution < 1.29 is 23.1 Å². The lowest BCUT2D eigenvalue weighted by Crippen LogP contribution is -2.30. The molecule has 0 amide bonds. The van der Waals surface area contributed by atoms with Crippen molar-refractivity contribution in [2.24, 2.45) is 0 Å². The molecule has 0 unspecified atom stereocenters. The number of carbonyl (C=O) groups is 1. The van der Waals surface area contributed by atoms with Gasteiger partial charge in [-0.25, -0.2) is 17.9 Å². The van der Waals surface area contributed by atoms with Gasteiger partial charge in [-0.1, -0.05) is 12.8 Å². The van der Waals surface area contributed by atoms with E-state index in [1.165, 1.54) is 6.92 Å². The molecule has 1 saturated carbocycles. The van der Waals surface area contributed by atoms with Gasteiger partial charge in [-0.2, -0.15) is 5.10 Å². The first kappa shape index (κ1) is 15.9. The van der Waals surface area contributed by atoms with Crippen LogP contribution < -0.4 is 4.72 Å². The third-order valence-electron chi connectivity index (χ3n) is 3.41.